The number of benzene rings is 1. The Morgan fingerprint density at radius 3 is 2.93 bits per heavy atom. The minimum atomic E-state index is -0.397. The minimum Gasteiger partial charge on any atom is -0.334 e. The van der Waals surface area contributed by atoms with Crippen LogP contribution in [0.2, 0.25) is 0 Å². The fourth-order valence-electron chi connectivity index (χ4n) is 1.83. The van der Waals surface area contributed by atoms with Crippen molar-refractivity contribution in [3.8, 4) is 0 Å². The van der Waals surface area contributed by atoms with Gasteiger partial charge in [0.1, 0.15) is 5.82 Å². The zero-order valence-corrected chi connectivity index (χ0v) is 8.09. The van der Waals surface area contributed by atoms with E-state index in [4.69, 9.17) is 0 Å². The molecule has 0 N–H and O–H groups in total. The number of hydrogen-bond acceptors (Lipinski definition) is 1. The summed E-state index contributed by atoms with van der Waals surface area (Å²) in [4.78, 5) is 13.4. The molecule has 1 heterocycles. The zero-order chi connectivity index (χ0) is 10.1. The molecule has 2 nitrogen and oxygen atoms in total. The number of carbonyl (C=O) groups excluding carboxylic acids is 1. The third-order valence-electron chi connectivity index (χ3n) is 2.46. The van der Waals surface area contributed by atoms with E-state index in [9.17, 15) is 9.18 Å². The molecule has 74 valence electrons. The van der Waals surface area contributed by atoms with E-state index in [-0.39, 0.29) is 11.5 Å². The molecule has 0 unspecified atom stereocenters. The van der Waals surface area contributed by atoms with Crippen LogP contribution in [0.1, 0.15) is 29.3 Å². The summed E-state index contributed by atoms with van der Waals surface area (Å²) >= 11 is 0. The van der Waals surface area contributed by atoms with Crippen molar-refractivity contribution in [2.45, 2.75) is 19.9 Å². The lowest BCUT2D eigenvalue weighted by molar-refractivity contribution is 0.0775. The van der Waals surface area contributed by atoms with Gasteiger partial charge in [0.2, 0.25) is 0 Å². The highest BCUT2D eigenvalue weighted by atomic mass is 19.1. The summed E-state index contributed by atoms with van der Waals surface area (Å²) in [6.45, 7) is 3.26. The fourth-order valence-corrected chi connectivity index (χ4v) is 1.83. The molecule has 0 saturated carbocycles. The van der Waals surface area contributed by atoms with Crippen LogP contribution < -0.4 is 0 Å². The first-order chi connectivity index (χ1) is 6.74. The first-order valence-corrected chi connectivity index (χ1v) is 4.80. The second kappa shape index (κ2) is 3.40. The number of rotatable bonds is 2. The van der Waals surface area contributed by atoms with Gasteiger partial charge in [-0.1, -0.05) is 19.1 Å². The van der Waals surface area contributed by atoms with Gasteiger partial charge < -0.3 is 4.90 Å². The maximum atomic E-state index is 13.3. The molecule has 0 fully saturated rings. The highest BCUT2D eigenvalue weighted by Gasteiger charge is 2.29. The molecule has 1 aliphatic heterocycles. The highest BCUT2D eigenvalue weighted by molar-refractivity contribution is 5.98. The Labute approximate surface area is 82.3 Å². The minimum absolute atomic E-state index is 0.167. The summed E-state index contributed by atoms with van der Waals surface area (Å²) in [7, 11) is 0. The van der Waals surface area contributed by atoms with Crippen molar-refractivity contribution in [2.75, 3.05) is 6.54 Å². The number of hydrogen-bond donors (Lipinski definition) is 0. The van der Waals surface area contributed by atoms with Gasteiger partial charge in [-0.15, -0.1) is 0 Å². The van der Waals surface area contributed by atoms with Gasteiger partial charge in [-0.05, 0) is 18.1 Å². The normalized spacial score (nSPS) is 14.7. The summed E-state index contributed by atoms with van der Waals surface area (Å²) in [6, 6.07) is 4.80. The Balaban J connectivity index is 2.36. The predicted octanol–water partition coefficient (Wildman–Crippen LogP) is 2.19. The lowest BCUT2D eigenvalue weighted by Crippen LogP contribution is -2.24. The van der Waals surface area contributed by atoms with Crippen LogP contribution in [0, 0.1) is 5.82 Å². The topological polar surface area (TPSA) is 20.3 Å². The van der Waals surface area contributed by atoms with Crippen molar-refractivity contribution in [3.05, 3.63) is 35.1 Å². The Bertz CT molecular complexity index is 376. The van der Waals surface area contributed by atoms with Crippen molar-refractivity contribution in [1.29, 1.82) is 0 Å². The number of nitrogens with zero attached hydrogens (tertiary/aromatic N) is 1. The van der Waals surface area contributed by atoms with Crippen molar-refractivity contribution in [2.24, 2.45) is 0 Å². The highest BCUT2D eigenvalue weighted by Crippen LogP contribution is 2.24. The lowest BCUT2D eigenvalue weighted by Gasteiger charge is -2.13. The van der Waals surface area contributed by atoms with E-state index < -0.39 is 5.82 Å². The summed E-state index contributed by atoms with van der Waals surface area (Å²) in [5.41, 5.74) is 1.07. The van der Waals surface area contributed by atoms with E-state index in [0.29, 0.717) is 13.1 Å². The second-order valence-electron chi connectivity index (χ2n) is 3.50. The molecule has 0 aromatic heterocycles. The van der Waals surface area contributed by atoms with Gasteiger partial charge in [0.25, 0.3) is 5.91 Å². The number of fused-ring (bicyclic) bond motifs is 1. The number of amides is 1. The number of halogens is 1. The van der Waals surface area contributed by atoms with Gasteiger partial charge in [-0.25, -0.2) is 4.39 Å². The molecule has 0 spiro atoms. The van der Waals surface area contributed by atoms with Crippen LogP contribution in [-0.4, -0.2) is 17.4 Å². The average molecular weight is 193 g/mol. The summed E-state index contributed by atoms with van der Waals surface area (Å²) in [5.74, 6) is -0.564. The molecule has 0 aliphatic carbocycles. The van der Waals surface area contributed by atoms with Crippen molar-refractivity contribution >= 4 is 5.91 Å². The number of carbonyl (C=O) groups is 1. The van der Waals surface area contributed by atoms with Gasteiger partial charge in [0, 0.05) is 13.1 Å². The summed E-state index contributed by atoms with van der Waals surface area (Å²) in [6.07, 6.45) is 0.904. The molecule has 0 saturated heterocycles. The molecule has 0 bridgehead atoms. The monoisotopic (exact) mass is 193 g/mol. The average Bonchev–Trinajstić information content (AvgIpc) is 2.46. The summed E-state index contributed by atoms with van der Waals surface area (Å²) < 4.78 is 13.3. The largest absolute Gasteiger partial charge is 0.334 e. The van der Waals surface area contributed by atoms with Crippen LogP contribution in [0.5, 0.6) is 0 Å². The Morgan fingerprint density at radius 1 is 1.50 bits per heavy atom. The Hall–Kier alpha value is -1.38. The van der Waals surface area contributed by atoms with Crippen LogP contribution in [0.3, 0.4) is 0 Å². The van der Waals surface area contributed by atoms with Gasteiger partial charge in [-0.2, -0.15) is 0 Å². The van der Waals surface area contributed by atoms with Crippen molar-refractivity contribution in [3.63, 3.8) is 0 Å². The van der Waals surface area contributed by atoms with E-state index in [1.807, 2.05) is 13.0 Å². The predicted molar refractivity (Wildman–Crippen MR) is 51.4 cm³/mol. The summed E-state index contributed by atoms with van der Waals surface area (Å²) in [5, 5.41) is 0. The standard InChI is InChI=1S/C11H12FNO/c1-2-6-13-7-8-4-3-5-9(12)10(8)11(13)14/h3-5H,2,6-7H2,1H3. The zero-order valence-electron chi connectivity index (χ0n) is 8.09. The molecule has 1 aliphatic rings. The third kappa shape index (κ3) is 1.29. The van der Waals surface area contributed by atoms with E-state index in [1.54, 1.807) is 11.0 Å². The first-order valence-electron chi connectivity index (χ1n) is 4.80. The van der Waals surface area contributed by atoms with E-state index in [0.717, 1.165) is 12.0 Å². The Kier molecular flexibility index (Phi) is 2.23. The molecule has 14 heavy (non-hydrogen) atoms. The van der Waals surface area contributed by atoms with Crippen LogP contribution in [0.25, 0.3) is 0 Å². The quantitative estimate of drug-likeness (QED) is 0.705. The molecule has 1 amide bonds. The SMILES string of the molecule is CCCN1Cc2cccc(F)c2C1=O. The lowest BCUT2D eigenvalue weighted by atomic mass is 10.1. The third-order valence-corrected chi connectivity index (χ3v) is 2.46. The second-order valence-corrected chi connectivity index (χ2v) is 3.50. The van der Waals surface area contributed by atoms with Gasteiger partial charge in [-0.3, -0.25) is 4.79 Å². The van der Waals surface area contributed by atoms with E-state index >= 15 is 0 Å². The Morgan fingerprint density at radius 2 is 2.29 bits per heavy atom. The molecule has 0 atom stereocenters. The maximum absolute atomic E-state index is 13.3. The molecular formula is C11H12FNO. The van der Waals surface area contributed by atoms with E-state index in [2.05, 4.69) is 0 Å². The van der Waals surface area contributed by atoms with Crippen LogP contribution in [-0.2, 0) is 6.54 Å². The maximum Gasteiger partial charge on any atom is 0.257 e. The van der Waals surface area contributed by atoms with Crippen molar-refractivity contribution < 1.29 is 9.18 Å². The van der Waals surface area contributed by atoms with Crippen LogP contribution in [0.4, 0.5) is 4.39 Å². The molecular weight excluding hydrogens is 181 g/mol. The van der Waals surface area contributed by atoms with Gasteiger partial charge in [0.15, 0.2) is 0 Å². The molecule has 1 aromatic carbocycles. The molecule has 3 heteroatoms. The molecule has 1 aromatic rings. The molecule has 0 radical (unpaired) electrons. The van der Waals surface area contributed by atoms with Gasteiger partial charge >= 0.3 is 0 Å². The fraction of sp³-hybridized carbons (Fsp3) is 0.364. The van der Waals surface area contributed by atoms with Crippen LogP contribution in [0.15, 0.2) is 18.2 Å². The molecule has 2 rings (SSSR count). The van der Waals surface area contributed by atoms with E-state index in [1.165, 1.54) is 6.07 Å². The van der Waals surface area contributed by atoms with Crippen LogP contribution >= 0.6 is 0 Å². The van der Waals surface area contributed by atoms with Crippen molar-refractivity contribution in [1.82, 2.24) is 4.90 Å². The smallest absolute Gasteiger partial charge is 0.257 e. The first kappa shape index (κ1) is 9.19. The van der Waals surface area contributed by atoms with Gasteiger partial charge in [0.05, 0.1) is 5.56 Å².